The number of piperidine rings is 1. The van der Waals surface area contributed by atoms with Crippen molar-refractivity contribution in [3.63, 3.8) is 0 Å². The second-order valence-electron chi connectivity index (χ2n) is 3.64. The van der Waals surface area contributed by atoms with E-state index in [-0.39, 0.29) is 0 Å². The van der Waals surface area contributed by atoms with Crippen molar-refractivity contribution < 1.29 is 0 Å². The summed E-state index contributed by atoms with van der Waals surface area (Å²) in [4.78, 5) is 2.54. The van der Waals surface area contributed by atoms with Gasteiger partial charge >= 0.3 is 0 Å². The highest BCUT2D eigenvalue weighted by atomic mass is 15.1. The topological polar surface area (TPSA) is 3.24 Å². The molecule has 0 radical (unpaired) electrons. The predicted molar refractivity (Wildman–Crippen MR) is 49.7 cm³/mol. The molecule has 1 aliphatic heterocycles. The Bertz CT molecular complexity index is 128. The molecular weight excluding hydrogens is 134 g/mol. The Labute approximate surface area is 70.1 Å². The second-order valence-corrected chi connectivity index (χ2v) is 3.64. The van der Waals surface area contributed by atoms with Gasteiger partial charge in [0.2, 0.25) is 0 Å². The molecule has 0 bridgehead atoms. The van der Waals surface area contributed by atoms with E-state index < -0.39 is 0 Å². The molecule has 0 aromatic heterocycles. The maximum absolute atomic E-state index is 2.54. The third-order valence-corrected chi connectivity index (χ3v) is 2.21. The molecule has 0 N–H and O–H groups in total. The summed E-state index contributed by atoms with van der Waals surface area (Å²) in [5.41, 5.74) is 1.44. The van der Waals surface area contributed by atoms with E-state index in [9.17, 15) is 0 Å². The molecule has 1 fully saturated rings. The van der Waals surface area contributed by atoms with E-state index in [0.29, 0.717) is 0 Å². The first-order valence-electron chi connectivity index (χ1n) is 4.65. The summed E-state index contributed by atoms with van der Waals surface area (Å²) < 4.78 is 0. The van der Waals surface area contributed by atoms with E-state index in [1.54, 1.807) is 0 Å². The summed E-state index contributed by atoms with van der Waals surface area (Å²) in [6.07, 6.45) is 6.56. The van der Waals surface area contributed by atoms with Crippen molar-refractivity contribution in [2.45, 2.75) is 33.1 Å². The molecule has 1 saturated heterocycles. The first kappa shape index (κ1) is 8.79. The highest BCUT2D eigenvalue weighted by Crippen LogP contribution is 2.08. The van der Waals surface area contributed by atoms with Gasteiger partial charge in [0.25, 0.3) is 0 Å². The van der Waals surface area contributed by atoms with Gasteiger partial charge in [-0.1, -0.05) is 18.1 Å². The van der Waals surface area contributed by atoms with Crippen molar-refractivity contribution in [1.29, 1.82) is 0 Å². The van der Waals surface area contributed by atoms with Gasteiger partial charge in [0.15, 0.2) is 0 Å². The minimum Gasteiger partial charge on any atom is -0.300 e. The van der Waals surface area contributed by atoms with Crippen LogP contribution in [-0.4, -0.2) is 24.5 Å². The quantitative estimate of drug-likeness (QED) is 0.551. The fourth-order valence-corrected chi connectivity index (χ4v) is 1.45. The molecule has 0 saturated carbocycles. The molecule has 0 spiro atoms. The molecule has 1 aliphatic rings. The van der Waals surface area contributed by atoms with Crippen molar-refractivity contribution in [3.05, 3.63) is 11.6 Å². The van der Waals surface area contributed by atoms with Gasteiger partial charge in [-0.05, 0) is 39.8 Å². The van der Waals surface area contributed by atoms with Crippen LogP contribution in [0.15, 0.2) is 11.6 Å². The minimum absolute atomic E-state index is 1.17. The predicted octanol–water partition coefficient (Wildman–Crippen LogP) is 2.44. The Kier molecular flexibility index (Phi) is 3.64. The molecule has 0 aliphatic carbocycles. The number of rotatable bonds is 2. The number of nitrogens with zero attached hydrogens (tertiary/aromatic N) is 1. The monoisotopic (exact) mass is 153 g/mol. The van der Waals surface area contributed by atoms with Gasteiger partial charge in [-0.3, -0.25) is 4.90 Å². The SMILES string of the molecule is CC(C)=CCN1CCCCC1. The lowest BCUT2D eigenvalue weighted by Crippen LogP contribution is -2.29. The summed E-state index contributed by atoms with van der Waals surface area (Å²) >= 11 is 0. The van der Waals surface area contributed by atoms with Gasteiger partial charge in [-0.15, -0.1) is 0 Å². The van der Waals surface area contributed by atoms with E-state index in [0.717, 1.165) is 0 Å². The maximum atomic E-state index is 2.54. The van der Waals surface area contributed by atoms with Crippen LogP contribution in [0.1, 0.15) is 33.1 Å². The Morgan fingerprint density at radius 3 is 2.36 bits per heavy atom. The van der Waals surface area contributed by atoms with E-state index in [4.69, 9.17) is 0 Å². The zero-order valence-corrected chi connectivity index (χ0v) is 7.77. The largest absolute Gasteiger partial charge is 0.300 e. The van der Waals surface area contributed by atoms with Crippen LogP contribution in [0.4, 0.5) is 0 Å². The van der Waals surface area contributed by atoms with Crippen LogP contribution in [0.5, 0.6) is 0 Å². The van der Waals surface area contributed by atoms with Gasteiger partial charge in [0.05, 0.1) is 0 Å². The lowest BCUT2D eigenvalue weighted by atomic mass is 10.1. The van der Waals surface area contributed by atoms with Gasteiger partial charge in [-0.2, -0.15) is 0 Å². The van der Waals surface area contributed by atoms with Gasteiger partial charge in [-0.25, -0.2) is 0 Å². The zero-order chi connectivity index (χ0) is 8.10. The lowest BCUT2D eigenvalue weighted by Gasteiger charge is -2.25. The maximum Gasteiger partial charge on any atom is 0.0165 e. The van der Waals surface area contributed by atoms with E-state index >= 15 is 0 Å². The Hall–Kier alpha value is -0.300. The average molecular weight is 153 g/mol. The summed E-state index contributed by atoms with van der Waals surface area (Å²) in [6.45, 7) is 8.13. The second kappa shape index (κ2) is 4.55. The standard InChI is InChI=1S/C10H19N/c1-10(2)6-9-11-7-4-3-5-8-11/h6H,3-5,7-9H2,1-2H3. The first-order chi connectivity index (χ1) is 5.29. The number of hydrogen-bond donors (Lipinski definition) is 0. The average Bonchev–Trinajstić information content (AvgIpc) is 2.03. The third kappa shape index (κ3) is 3.57. The fraction of sp³-hybridized carbons (Fsp3) is 0.800. The Morgan fingerprint density at radius 2 is 1.82 bits per heavy atom. The van der Waals surface area contributed by atoms with Gasteiger partial charge in [0, 0.05) is 6.54 Å². The molecule has 1 heterocycles. The first-order valence-corrected chi connectivity index (χ1v) is 4.65. The van der Waals surface area contributed by atoms with Gasteiger partial charge < -0.3 is 0 Å². The van der Waals surface area contributed by atoms with E-state index in [1.165, 1.54) is 44.5 Å². The fourth-order valence-electron chi connectivity index (χ4n) is 1.45. The van der Waals surface area contributed by atoms with Crippen molar-refractivity contribution >= 4 is 0 Å². The molecular formula is C10H19N. The van der Waals surface area contributed by atoms with Crippen LogP contribution in [0.25, 0.3) is 0 Å². The number of allylic oxidation sites excluding steroid dienone is 1. The molecule has 0 amide bonds. The van der Waals surface area contributed by atoms with E-state index in [1.807, 2.05) is 0 Å². The molecule has 1 nitrogen and oxygen atoms in total. The van der Waals surface area contributed by atoms with Crippen LogP contribution in [-0.2, 0) is 0 Å². The van der Waals surface area contributed by atoms with E-state index in [2.05, 4.69) is 24.8 Å². The van der Waals surface area contributed by atoms with Crippen LogP contribution in [0.2, 0.25) is 0 Å². The molecule has 0 aromatic carbocycles. The normalized spacial score (nSPS) is 19.8. The highest BCUT2D eigenvalue weighted by molar-refractivity contribution is 4.95. The smallest absolute Gasteiger partial charge is 0.0165 e. The van der Waals surface area contributed by atoms with Gasteiger partial charge in [0.1, 0.15) is 0 Å². The van der Waals surface area contributed by atoms with Crippen molar-refractivity contribution in [2.24, 2.45) is 0 Å². The molecule has 11 heavy (non-hydrogen) atoms. The van der Waals surface area contributed by atoms with Crippen molar-refractivity contribution in [2.75, 3.05) is 19.6 Å². The number of hydrogen-bond acceptors (Lipinski definition) is 1. The van der Waals surface area contributed by atoms with Crippen molar-refractivity contribution in [1.82, 2.24) is 4.90 Å². The van der Waals surface area contributed by atoms with Crippen LogP contribution in [0, 0.1) is 0 Å². The van der Waals surface area contributed by atoms with Crippen LogP contribution < -0.4 is 0 Å². The summed E-state index contributed by atoms with van der Waals surface area (Å²) in [5, 5.41) is 0. The molecule has 0 unspecified atom stereocenters. The molecule has 1 rings (SSSR count). The highest BCUT2D eigenvalue weighted by Gasteiger charge is 2.07. The van der Waals surface area contributed by atoms with Crippen LogP contribution >= 0.6 is 0 Å². The Balaban J connectivity index is 2.19. The van der Waals surface area contributed by atoms with Crippen LogP contribution in [0.3, 0.4) is 0 Å². The van der Waals surface area contributed by atoms with Crippen molar-refractivity contribution in [3.8, 4) is 0 Å². The lowest BCUT2D eigenvalue weighted by molar-refractivity contribution is 0.251. The Morgan fingerprint density at radius 1 is 1.18 bits per heavy atom. The molecule has 64 valence electrons. The molecule has 0 aromatic rings. The summed E-state index contributed by atoms with van der Waals surface area (Å²) in [5.74, 6) is 0. The minimum atomic E-state index is 1.17. The zero-order valence-electron chi connectivity index (χ0n) is 7.77. The third-order valence-electron chi connectivity index (χ3n) is 2.21. The molecule has 1 heteroatoms. The molecule has 0 atom stereocenters. The summed E-state index contributed by atoms with van der Waals surface area (Å²) in [7, 11) is 0. The summed E-state index contributed by atoms with van der Waals surface area (Å²) in [6, 6.07) is 0. The number of likely N-dealkylation sites (tertiary alicyclic amines) is 1.